The highest BCUT2D eigenvalue weighted by molar-refractivity contribution is 5.75. The van der Waals surface area contributed by atoms with Gasteiger partial charge in [0.25, 0.3) is 0 Å². The third-order valence-corrected chi connectivity index (χ3v) is 2.76. The number of amides is 1. The quantitative estimate of drug-likeness (QED) is 0.512. The predicted molar refractivity (Wildman–Crippen MR) is 68.7 cm³/mol. The van der Waals surface area contributed by atoms with Gasteiger partial charge in [-0.25, -0.2) is 0 Å². The van der Waals surface area contributed by atoms with Gasteiger partial charge < -0.3 is 15.5 Å². The Bertz CT molecular complexity index is 205. The Hall–Kier alpha value is -0.610. The highest BCUT2D eigenvalue weighted by atomic mass is 16.3. The van der Waals surface area contributed by atoms with Crippen LogP contribution in [0.2, 0.25) is 0 Å². The van der Waals surface area contributed by atoms with Crippen LogP contribution in [-0.4, -0.2) is 34.9 Å². The average Bonchev–Trinajstić information content (AvgIpc) is 2.31. The maximum atomic E-state index is 11.4. The molecule has 0 aromatic rings. The van der Waals surface area contributed by atoms with Gasteiger partial charge in [-0.15, -0.1) is 0 Å². The standard InChI is InChI=1S/C13H27NO3/c1-3-4-5-6-7-8-9-12(16)14-10-13(2,17)11-15/h15,17H,3-11H2,1-2H3,(H,14,16). The lowest BCUT2D eigenvalue weighted by molar-refractivity contribution is -0.122. The molecule has 1 unspecified atom stereocenters. The zero-order valence-electron chi connectivity index (χ0n) is 11.2. The normalized spacial score (nSPS) is 14.4. The zero-order valence-corrected chi connectivity index (χ0v) is 11.2. The van der Waals surface area contributed by atoms with E-state index in [0.29, 0.717) is 6.42 Å². The third kappa shape index (κ3) is 10.3. The summed E-state index contributed by atoms with van der Waals surface area (Å²) in [5.41, 5.74) is -1.21. The molecule has 1 amide bonds. The molecular weight excluding hydrogens is 218 g/mol. The van der Waals surface area contributed by atoms with E-state index < -0.39 is 5.60 Å². The fourth-order valence-electron chi connectivity index (χ4n) is 1.50. The molecule has 0 rings (SSSR count). The van der Waals surface area contributed by atoms with Crippen LogP contribution in [0.4, 0.5) is 0 Å². The smallest absolute Gasteiger partial charge is 0.220 e. The van der Waals surface area contributed by atoms with Crippen molar-refractivity contribution in [3.8, 4) is 0 Å². The molecule has 17 heavy (non-hydrogen) atoms. The van der Waals surface area contributed by atoms with Crippen LogP contribution in [0.1, 0.15) is 58.8 Å². The molecule has 0 fully saturated rings. The summed E-state index contributed by atoms with van der Waals surface area (Å²) >= 11 is 0. The van der Waals surface area contributed by atoms with E-state index in [2.05, 4.69) is 12.2 Å². The first-order valence-electron chi connectivity index (χ1n) is 6.62. The summed E-state index contributed by atoms with van der Waals surface area (Å²) < 4.78 is 0. The van der Waals surface area contributed by atoms with Crippen molar-refractivity contribution in [1.29, 1.82) is 0 Å². The number of carbonyl (C=O) groups excluding carboxylic acids is 1. The molecule has 0 aliphatic rings. The van der Waals surface area contributed by atoms with Gasteiger partial charge in [0.2, 0.25) is 5.91 Å². The molecule has 4 nitrogen and oxygen atoms in total. The summed E-state index contributed by atoms with van der Waals surface area (Å²) in [6, 6.07) is 0. The van der Waals surface area contributed by atoms with Crippen LogP contribution in [0.5, 0.6) is 0 Å². The molecule has 0 bridgehead atoms. The van der Waals surface area contributed by atoms with Crippen LogP contribution < -0.4 is 5.32 Å². The highest BCUT2D eigenvalue weighted by Gasteiger charge is 2.19. The van der Waals surface area contributed by atoms with Gasteiger partial charge in [-0.3, -0.25) is 4.79 Å². The minimum atomic E-state index is -1.21. The van der Waals surface area contributed by atoms with Gasteiger partial charge in [0.15, 0.2) is 0 Å². The number of rotatable bonds is 10. The Balaban J connectivity index is 3.41. The van der Waals surface area contributed by atoms with Crippen molar-refractivity contribution in [1.82, 2.24) is 5.32 Å². The Labute approximate surface area is 104 Å². The van der Waals surface area contributed by atoms with Gasteiger partial charge in [-0.1, -0.05) is 39.0 Å². The monoisotopic (exact) mass is 245 g/mol. The van der Waals surface area contributed by atoms with Gasteiger partial charge in [-0.2, -0.15) is 0 Å². The van der Waals surface area contributed by atoms with Crippen molar-refractivity contribution >= 4 is 5.91 Å². The molecule has 0 saturated carbocycles. The van der Waals surface area contributed by atoms with Crippen molar-refractivity contribution in [3.05, 3.63) is 0 Å². The molecule has 0 spiro atoms. The summed E-state index contributed by atoms with van der Waals surface area (Å²) in [5.74, 6) is -0.0470. The van der Waals surface area contributed by atoms with Crippen LogP contribution in [0, 0.1) is 0 Å². The lowest BCUT2D eigenvalue weighted by Gasteiger charge is -2.20. The second-order valence-electron chi connectivity index (χ2n) is 4.95. The Morgan fingerprint density at radius 1 is 1.18 bits per heavy atom. The van der Waals surface area contributed by atoms with E-state index in [1.54, 1.807) is 0 Å². The maximum Gasteiger partial charge on any atom is 0.220 e. The molecule has 0 heterocycles. The molecule has 0 aromatic carbocycles. The van der Waals surface area contributed by atoms with Gasteiger partial charge in [0.05, 0.1) is 6.61 Å². The molecule has 4 heteroatoms. The minimum absolute atomic E-state index is 0.0470. The van der Waals surface area contributed by atoms with E-state index in [1.807, 2.05) is 0 Å². The van der Waals surface area contributed by atoms with Crippen LogP contribution >= 0.6 is 0 Å². The van der Waals surface area contributed by atoms with E-state index in [9.17, 15) is 9.90 Å². The minimum Gasteiger partial charge on any atom is -0.393 e. The fraction of sp³-hybridized carbons (Fsp3) is 0.923. The second-order valence-corrected chi connectivity index (χ2v) is 4.95. The molecule has 0 radical (unpaired) electrons. The lowest BCUT2D eigenvalue weighted by atomic mass is 10.1. The van der Waals surface area contributed by atoms with Gasteiger partial charge in [0, 0.05) is 13.0 Å². The maximum absolute atomic E-state index is 11.4. The fourth-order valence-corrected chi connectivity index (χ4v) is 1.50. The first-order valence-corrected chi connectivity index (χ1v) is 6.62. The summed E-state index contributed by atoms with van der Waals surface area (Å²) in [4.78, 5) is 11.4. The molecule has 0 aliphatic heterocycles. The molecule has 0 aromatic heterocycles. The molecule has 3 N–H and O–H groups in total. The van der Waals surface area contributed by atoms with Crippen molar-refractivity contribution < 1.29 is 15.0 Å². The number of aliphatic hydroxyl groups is 2. The van der Waals surface area contributed by atoms with Gasteiger partial charge >= 0.3 is 0 Å². The van der Waals surface area contributed by atoms with Crippen LogP contribution in [0.3, 0.4) is 0 Å². The summed E-state index contributed by atoms with van der Waals surface area (Å²) in [6.45, 7) is 3.45. The second kappa shape index (κ2) is 9.42. The van der Waals surface area contributed by atoms with E-state index in [0.717, 1.165) is 12.8 Å². The van der Waals surface area contributed by atoms with Gasteiger partial charge in [0.1, 0.15) is 5.60 Å². The first-order chi connectivity index (χ1) is 8.02. The van der Waals surface area contributed by atoms with E-state index >= 15 is 0 Å². The highest BCUT2D eigenvalue weighted by Crippen LogP contribution is 2.07. The zero-order chi connectivity index (χ0) is 13.1. The Kier molecular flexibility index (Phi) is 9.09. The Morgan fingerprint density at radius 2 is 1.76 bits per heavy atom. The number of hydrogen-bond acceptors (Lipinski definition) is 3. The van der Waals surface area contributed by atoms with Crippen LogP contribution in [0.25, 0.3) is 0 Å². The summed E-state index contributed by atoms with van der Waals surface area (Å²) in [7, 11) is 0. The summed E-state index contributed by atoms with van der Waals surface area (Å²) in [5, 5.41) is 20.9. The average molecular weight is 245 g/mol. The Morgan fingerprint density at radius 3 is 2.35 bits per heavy atom. The number of hydrogen-bond donors (Lipinski definition) is 3. The van der Waals surface area contributed by atoms with Crippen molar-refractivity contribution in [2.24, 2.45) is 0 Å². The summed E-state index contributed by atoms with van der Waals surface area (Å²) in [6.07, 6.45) is 7.43. The number of nitrogens with one attached hydrogen (secondary N) is 1. The van der Waals surface area contributed by atoms with Crippen molar-refractivity contribution in [2.45, 2.75) is 64.4 Å². The molecular formula is C13H27NO3. The van der Waals surface area contributed by atoms with E-state index in [-0.39, 0.29) is 19.1 Å². The lowest BCUT2D eigenvalue weighted by Crippen LogP contribution is -2.43. The van der Waals surface area contributed by atoms with Crippen molar-refractivity contribution in [3.63, 3.8) is 0 Å². The first kappa shape index (κ1) is 16.4. The largest absolute Gasteiger partial charge is 0.393 e. The SMILES string of the molecule is CCCCCCCCC(=O)NCC(C)(O)CO. The van der Waals surface area contributed by atoms with Crippen molar-refractivity contribution in [2.75, 3.05) is 13.2 Å². The van der Waals surface area contributed by atoms with E-state index in [1.165, 1.54) is 32.6 Å². The predicted octanol–water partition coefficient (Wildman–Crippen LogP) is 1.60. The third-order valence-electron chi connectivity index (χ3n) is 2.76. The molecule has 1 atom stereocenters. The van der Waals surface area contributed by atoms with Gasteiger partial charge in [-0.05, 0) is 13.3 Å². The van der Waals surface area contributed by atoms with Crippen LogP contribution in [-0.2, 0) is 4.79 Å². The number of carbonyl (C=O) groups is 1. The molecule has 0 aliphatic carbocycles. The topological polar surface area (TPSA) is 69.6 Å². The molecule has 0 saturated heterocycles. The number of unbranched alkanes of at least 4 members (excludes halogenated alkanes) is 5. The van der Waals surface area contributed by atoms with E-state index in [4.69, 9.17) is 5.11 Å². The van der Waals surface area contributed by atoms with Crippen LogP contribution in [0.15, 0.2) is 0 Å². The number of aliphatic hydroxyl groups excluding tert-OH is 1. The molecule has 102 valence electrons.